The Labute approximate surface area is 189 Å². The minimum atomic E-state index is -4.19. The number of benzene rings is 3. The standard InChI is InChI=1S/C22H19N3O7S/c26-22(23-16-9-10-20-21(13-16)32-12-11-31-20)15-24(17-5-4-6-18(14-17)25(27)28)33(29,30)19-7-2-1-3-8-19/h1-10,13-14H,11-12,15H2,(H,23,26). The van der Waals surface area contributed by atoms with E-state index in [0.717, 1.165) is 10.4 Å². The first-order valence-electron chi connectivity index (χ1n) is 9.86. The first kappa shape index (κ1) is 22.1. The highest BCUT2D eigenvalue weighted by atomic mass is 32.2. The summed E-state index contributed by atoms with van der Waals surface area (Å²) in [6, 6.07) is 17.5. The quantitative estimate of drug-likeness (QED) is 0.416. The Morgan fingerprint density at radius 3 is 2.42 bits per heavy atom. The third-order valence-electron chi connectivity index (χ3n) is 4.77. The van der Waals surface area contributed by atoms with E-state index in [9.17, 15) is 23.3 Å². The normalized spacial score (nSPS) is 12.6. The fourth-order valence-corrected chi connectivity index (χ4v) is 4.68. The van der Waals surface area contributed by atoms with E-state index >= 15 is 0 Å². The third kappa shape index (κ3) is 4.88. The average molecular weight is 469 g/mol. The van der Waals surface area contributed by atoms with Crippen LogP contribution >= 0.6 is 0 Å². The van der Waals surface area contributed by atoms with Gasteiger partial charge in [0.25, 0.3) is 15.7 Å². The van der Waals surface area contributed by atoms with E-state index in [4.69, 9.17) is 9.47 Å². The second kappa shape index (κ2) is 9.17. The van der Waals surface area contributed by atoms with E-state index in [1.54, 1.807) is 36.4 Å². The van der Waals surface area contributed by atoms with Crippen LogP contribution in [0.1, 0.15) is 0 Å². The van der Waals surface area contributed by atoms with E-state index in [-0.39, 0.29) is 16.3 Å². The zero-order chi connectivity index (χ0) is 23.4. The van der Waals surface area contributed by atoms with Gasteiger partial charge in [-0.2, -0.15) is 0 Å². The molecule has 0 aromatic heterocycles. The summed E-state index contributed by atoms with van der Waals surface area (Å²) >= 11 is 0. The molecule has 11 heteroatoms. The summed E-state index contributed by atoms with van der Waals surface area (Å²) in [5.74, 6) is 0.369. The van der Waals surface area contributed by atoms with Crippen LogP contribution in [0.15, 0.2) is 77.7 Å². The lowest BCUT2D eigenvalue weighted by Gasteiger charge is -2.24. The highest BCUT2D eigenvalue weighted by Gasteiger charge is 2.28. The molecule has 0 bridgehead atoms. The number of sulfonamides is 1. The highest BCUT2D eigenvalue weighted by molar-refractivity contribution is 7.92. The number of nitro groups is 1. The van der Waals surface area contributed by atoms with Crippen molar-refractivity contribution in [2.75, 3.05) is 29.4 Å². The summed E-state index contributed by atoms with van der Waals surface area (Å²) in [4.78, 5) is 23.4. The summed E-state index contributed by atoms with van der Waals surface area (Å²) in [7, 11) is -4.19. The largest absolute Gasteiger partial charge is 0.486 e. The van der Waals surface area contributed by atoms with Gasteiger partial charge in [0.15, 0.2) is 11.5 Å². The maximum Gasteiger partial charge on any atom is 0.271 e. The number of carbonyl (C=O) groups is 1. The Morgan fingerprint density at radius 2 is 1.70 bits per heavy atom. The number of amides is 1. The molecule has 3 aromatic carbocycles. The van der Waals surface area contributed by atoms with Crippen molar-refractivity contribution in [1.82, 2.24) is 0 Å². The van der Waals surface area contributed by atoms with Gasteiger partial charge in [0, 0.05) is 23.9 Å². The molecule has 3 aromatic rings. The van der Waals surface area contributed by atoms with E-state index in [2.05, 4.69) is 5.32 Å². The van der Waals surface area contributed by atoms with Crippen LogP contribution < -0.4 is 19.1 Å². The van der Waals surface area contributed by atoms with E-state index in [0.29, 0.717) is 30.4 Å². The number of anilines is 2. The Hall–Kier alpha value is -4.12. The van der Waals surface area contributed by atoms with Gasteiger partial charge in [0.2, 0.25) is 5.91 Å². The molecule has 0 radical (unpaired) electrons. The van der Waals surface area contributed by atoms with Crippen LogP contribution in [-0.2, 0) is 14.8 Å². The Balaban J connectivity index is 1.64. The molecule has 0 spiro atoms. The molecule has 33 heavy (non-hydrogen) atoms. The highest BCUT2D eigenvalue weighted by Crippen LogP contribution is 2.33. The summed E-state index contributed by atoms with van der Waals surface area (Å²) in [6.45, 7) is 0.196. The van der Waals surface area contributed by atoms with Crippen molar-refractivity contribution < 1.29 is 27.6 Å². The van der Waals surface area contributed by atoms with Crippen LogP contribution in [-0.4, -0.2) is 39.0 Å². The van der Waals surface area contributed by atoms with Crippen molar-refractivity contribution in [2.45, 2.75) is 4.90 Å². The van der Waals surface area contributed by atoms with Gasteiger partial charge < -0.3 is 14.8 Å². The number of ether oxygens (including phenoxy) is 2. The zero-order valence-electron chi connectivity index (χ0n) is 17.2. The summed E-state index contributed by atoms with van der Waals surface area (Å²) in [5.41, 5.74) is 0.0822. The van der Waals surface area contributed by atoms with Crippen molar-refractivity contribution in [3.05, 3.63) is 82.9 Å². The number of hydrogen-bond acceptors (Lipinski definition) is 7. The number of nitro benzene ring substituents is 1. The molecule has 10 nitrogen and oxygen atoms in total. The molecule has 0 saturated carbocycles. The SMILES string of the molecule is O=C(CN(c1cccc([N+](=O)[O-])c1)S(=O)(=O)c1ccccc1)Nc1ccc2c(c1)OCCO2. The number of hydrogen-bond donors (Lipinski definition) is 1. The Bertz CT molecular complexity index is 1300. The van der Waals surface area contributed by atoms with Gasteiger partial charge in [-0.25, -0.2) is 8.42 Å². The van der Waals surface area contributed by atoms with E-state index < -0.39 is 27.4 Å². The minimum Gasteiger partial charge on any atom is -0.486 e. The molecule has 1 aliphatic rings. The smallest absolute Gasteiger partial charge is 0.271 e. The van der Waals surface area contributed by atoms with Crippen molar-refractivity contribution in [1.29, 1.82) is 0 Å². The molecular weight excluding hydrogens is 450 g/mol. The van der Waals surface area contributed by atoms with Crippen molar-refractivity contribution in [3.8, 4) is 11.5 Å². The molecule has 1 heterocycles. The Morgan fingerprint density at radius 1 is 0.970 bits per heavy atom. The number of rotatable bonds is 7. The van der Waals surface area contributed by atoms with E-state index in [1.807, 2.05) is 0 Å². The maximum absolute atomic E-state index is 13.3. The van der Waals surface area contributed by atoms with Gasteiger partial charge in [-0.05, 0) is 30.3 Å². The van der Waals surface area contributed by atoms with Gasteiger partial charge in [0.05, 0.1) is 15.5 Å². The maximum atomic E-state index is 13.3. The van der Waals surface area contributed by atoms with Gasteiger partial charge >= 0.3 is 0 Å². The van der Waals surface area contributed by atoms with Crippen LogP contribution in [0.3, 0.4) is 0 Å². The number of non-ortho nitro benzene ring substituents is 1. The van der Waals surface area contributed by atoms with Crippen LogP contribution in [0.4, 0.5) is 17.1 Å². The van der Waals surface area contributed by atoms with Gasteiger partial charge in [-0.3, -0.25) is 19.2 Å². The van der Waals surface area contributed by atoms with Gasteiger partial charge in [-0.1, -0.05) is 24.3 Å². The molecule has 0 atom stereocenters. The number of nitrogens with zero attached hydrogens (tertiary/aromatic N) is 2. The third-order valence-corrected chi connectivity index (χ3v) is 6.56. The second-order valence-corrected chi connectivity index (χ2v) is 8.87. The van der Waals surface area contributed by atoms with Crippen molar-refractivity contribution in [2.24, 2.45) is 0 Å². The second-order valence-electron chi connectivity index (χ2n) is 7.01. The summed E-state index contributed by atoms with van der Waals surface area (Å²) in [5, 5.41) is 13.9. The summed E-state index contributed by atoms with van der Waals surface area (Å²) in [6.07, 6.45) is 0. The zero-order valence-corrected chi connectivity index (χ0v) is 18.0. The molecule has 0 saturated heterocycles. The number of carbonyl (C=O) groups excluding carboxylic acids is 1. The topological polar surface area (TPSA) is 128 Å². The molecule has 1 amide bonds. The molecule has 1 N–H and O–H groups in total. The fourth-order valence-electron chi connectivity index (χ4n) is 3.25. The lowest BCUT2D eigenvalue weighted by molar-refractivity contribution is -0.384. The predicted molar refractivity (Wildman–Crippen MR) is 120 cm³/mol. The molecule has 170 valence electrons. The van der Waals surface area contributed by atoms with Gasteiger partial charge in [-0.15, -0.1) is 0 Å². The molecule has 4 rings (SSSR count). The van der Waals surface area contributed by atoms with Crippen LogP contribution in [0.25, 0.3) is 0 Å². The van der Waals surface area contributed by atoms with Crippen LogP contribution in [0.5, 0.6) is 11.5 Å². The Kier molecular flexibility index (Phi) is 6.13. The molecule has 0 fully saturated rings. The predicted octanol–water partition coefficient (Wildman–Crippen LogP) is 3.20. The number of nitrogens with one attached hydrogen (secondary N) is 1. The van der Waals surface area contributed by atoms with Crippen LogP contribution in [0, 0.1) is 10.1 Å². The fraction of sp³-hybridized carbons (Fsp3) is 0.136. The van der Waals surface area contributed by atoms with Crippen molar-refractivity contribution >= 4 is 33.0 Å². The monoisotopic (exact) mass is 469 g/mol. The lowest BCUT2D eigenvalue weighted by Crippen LogP contribution is -2.38. The molecule has 0 aliphatic carbocycles. The molecular formula is C22H19N3O7S. The van der Waals surface area contributed by atoms with Crippen LogP contribution in [0.2, 0.25) is 0 Å². The van der Waals surface area contributed by atoms with Gasteiger partial charge in [0.1, 0.15) is 19.8 Å². The average Bonchev–Trinajstić information content (AvgIpc) is 2.83. The molecule has 1 aliphatic heterocycles. The van der Waals surface area contributed by atoms with Crippen molar-refractivity contribution in [3.63, 3.8) is 0 Å². The first-order chi connectivity index (χ1) is 15.8. The number of fused-ring (bicyclic) bond motifs is 1. The molecule has 0 unspecified atom stereocenters. The lowest BCUT2D eigenvalue weighted by atomic mass is 10.2. The first-order valence-corrected chi connectivity index (χ1v) is 11.3. The minimum absolute atomic E-state index is 0.00891. The summed E-state index contributed by atoms with van der Waals surface area (Å²) < 4.78 is 38.4. The van der Waals surface area contributed by atoms with E-state index in [1.165, 1.54) is 30.3 Å².